The Labute approximate surface area is 85.3 Å². The van der Waals surface area contributed by atoms with Gasteiger partial charge in [-0.15, -0.1) is 0 Å². The zero-order chi connectivity index (χ0) is 10.4. The maximum absolute atomic E-state index is 11.5. The normalized spacial score (nSPS) is 21.5. The molecule has 0 aromatic heterocycles. The first-order chi connectivity index (χ1) is 6.74. The molecule has 1 aliphatic rings. The van der Waals surface area contributed by atoms with Gasteiger partial charge in [-0.2, -0.15) is 0 Å². The Balaban J connectivity index is 2.33. The van der Waals surface area contributed by atoms with Crippen LogP contribution in [0.15, 0.2) is 11.8 Å². The first kappa shape index (κ1) is 11.1. The van der Waals surface area contributed by atoms with Crippen LogP contribution in [0.2, 0.25) is 0 Å². The zero-order valence-electron chi connectivity index (χ0n) is 8.79. The Kier molecular flexibility index (Phi) is 4.50. The molecule has 0 saturated carbocycles. The Morgan fingerprint density at radius 2 is 2.50 bits per heavy atom. The molecule has 0 radical (unpaired) electrons. The van der Waals surface area contributed by atoms with Crippen molar-refractivity contribution in [2.45, 2.75) is 39.0 Å². The van der Waals surface area contributed by atoms with Crippen LogP contribution in [-0.2, 0) is 9.53 Å². The average Bonchev–Trinajstić information content (AvgIpc) is 2.18. The highest BCUT2D eigenvalue weighted by Gasteiger charge is 2.20. The quantitative estimate of drug-likeness (QED) is 0.553. The molecular formula is C11H19NO2. The summed E-state index contributed by atoms with van der Waals surface area (Å²) in [4.78, 5) is 11.5. The van der Waals surface area contributed by atoms with Crippen molar-refractivity contribution >= 4 is 5.97 Å². The van der Waals surface area contributed by atoms with Crippen molar-refractivity contribution in [2.24, 2.45) is 11.7 Å². The summed E-state index contributed by atoms with van der Waals surface area (Å²) in [5, 5.41) is 0. The van der Waals surface area contributed by atoms with Crippen molar-refractivity contribution in [1.82, 2.24) is 0 Å². The largest absolute Gasteiger partial charge is 0.465 e. The molecule has 3 heteroatoms. The van der Waals surface area contributed by atoms with Gasteiger partial charge < -0.3 is 10.5 Å². The van der Waals surface area contributed by atoms with Crippen LogP contribution in [0, 0.1) is 5.92 Å². The lowest BCUT2D eigenvalue weighted by Crippen LogP contribution is -2.21. The van der Waals surface area contributed by atoms with E-state index < -0.39 is 0 Å². The standard InChI is InChI=1S/C11H19NO2/c1-2-3-7-14-11(13)9-5-4-6-10(12)8-9/h8-9H,2-7,12H2,1H3/t9-/m1/s1. The molecule has 1 rings (SSSR count). The van der Waals surface area contributed by atoms with Crippen molar-refractivity contribution in [1.29, 1.82) is 0 Å². The first-order valence-electron chi connectivity index (χ1n) is 5.37. The molecular weight excluding hydrogens is 178 g/mol. The van der Waals surface area contributed by atoms with E-state index in [2.05, 4.69) is 6.92 Å². The number of ether oxygens (including phenoxy) is 1. The highest BCUT2D eigenvalue weighted by atomic mass is 16.5. The monoisotopic (exact) mass is 197 g/mol. The van der Waals surface area contributed by atoms with E-state index in [1.54, 1.807) is 0 Å². The van der Waals surface area contributed by atoms with E-state index in [1.165, 1.54) is 0 Å². The van der Waals surface area contributed by atoms with Gasteiger partial charge in [-0.3, -0.25) is 4.79 Å². The van der Waals surface area contributed by atoms with E-state index in [0.717, 1.165) is 37.8 Å². The van der Waals surface area contributed by atoms with Gasteiger partial charge in [0.2, 0.25) is 0 Å². The van der Waals surface area contributed by atoms with Crippen LogP contribution in [0.25, 0.3) is 0 Å². The first-order valence-corrected chi connectivity index (χ1v) is 5.37. The second-order valence-corrected chi connectivity index (χ2v) is 3.76. The van der Waals surface area contributed by atoms with Gasteiger partial charge in [-0.25, -0.2) is 0 Å². The summed E-state index contributed by atoms with van der Waals surface area (Å²) in [6.07, 6.45) is 6.63. The van der Waals surface area contributed by atoms with Crippen LogP contribution in [0.1, 0.15) is 39.0 Å². The Morgan fingerprint density at radius 1 is 1.71 bits per heavy atom. The summed E-state index contributed by atoms with van der Waals surface area (Å²) < 4.78 is 5.13. The van der Waals surface area contributed by atoms with Gasteiger partial charge in [0.05, 0.1) is 12.5 Å². The van der Waals surface area contributed by atoms with Crippen LogP contribution < -0.4 is 5.73 Å². The summed E-state index contributed by atoms with van der Waals surface area (Å²) in [6.45, 7) is 2.62. The highest BCUT2D eigenvalue weighted by molar-refractivity contribution is 5.74. The van der Waals surface area contributed by atoms with E-state index in [9.17, 15) is 4.79 Å². The van der Waals surface area contributed by atoms with Crippen molar-refractivity contribution in [2.75, 3.05) is 6.61 Å². The van der Waals surface area contributed by atoms with Gasteiger partial charge in [0.1, 0.15) is 0 Å². The van der Waals surface area contributed by atoms with Crippen LogP contribution in [0.3, 0.4) is 0 Å². The van der Waals surface area contributed by atoms with Gasteiger partial charge in [0, 0.05) is 5.70 Å². The summed E-state index contributed by atoms with van der Waals surface area (Å²) >= 11 is 0. The molecule has 14 heavy (non-hydrogen) atoms. The molecule has 80 valence electrons. The van der Waals surface area contributed by atoms with Gasteiger partial charge in [0.15, 0.2) is 0 Å². The minimum absolute atomic E-state index is 0.0967. The number of rotatable bonds is 4. The summed E-state index contributed by atoms with van der Waals surface area (Å²) in [7, 11) is 0. The molecule has 1 aliphatic carbocycles. The smallest absolute Gasteiger partial charge is 0.312 e. The van der Waals surface area contributed by atoms with Gasteiger partial charge in [-0.05, 0) is 25.7 Å². The fourth-order valence-electron chi connectivity index (χ4n) is 1.56. The van der Waals surface area contributed by atoms with Crippen LogP contribution in [-0.4, -0.2) is 12.6 Å². The molecule has 1 atom stereocenters. The number of hydrogen-bond donors (Lipinski definition) is 1. The van der Waals surface area contributed by atoms with E-state index in [0.29, 0.717) is 6.61 Å². The van der Waals surface area contributed by atoms with Gasteiger partial charge in [-0.1, -0.05) is 19.4 Å². The number of nitrogens with two attached hydrogens (primary N) is 1. The van der Waals surface area contributed by atoms with E-state index >= 15 is 0 Å². The molecule has 0 aromatic rings. The Bertz CT molecular complexity index is 223. The lowest BCUT2D eigenvalue weighted by Gasteiger charge is -2.17. The Morgan fingerprint density at radius 3 is 3.14 bits per heavy atom. The fraction of sp³-hybridized carbons (Fsp3) is 0.727. The summed E-state index contributed by atoms with van der Waals surface area (Å²) in [5.74, 6) is -0.207. The lowest BCUT2D eigenvalue weighted by atomic mass is 9.94. The number of esters is 1. The molecule has 0 aliphatic heterocycles. The third-order valence-electron chi connectivity index (χ3n) is 2.44. The number of allylic oxidation sites excluding steroid dienone is 1. The topological polar surface area (TPSA) is 52.3 Å². The number of carbonyl (C=O) groups is 1. The molecule has 0 aromatic carbocycles. The third-order valence-corrected chi connectivity index (χ3v) is 2.44. The molecule has 0 saturated heterocycles. The second-order valence-electron chi connectivity index (χ2n) is 3.76. The second kappa shape index (κ2) is 5.68. The molecule has 0 amide bonds. The average molecular weight is 197 g/mol. The number of hydrogen-bond acceptors (Lipinski definition) is 3. The summed E-state index contributed by atoms with van der Waals surface area (Å²) in [6, 6.07) is 0. The molecule has 0 unspecified atom stereocenters. The maximum Gasteiger partial charge on any atom is 0.312 e. The minimum atomic E-state index is -0.110. The molecule has 0 bridgehead atoms. The predicted molar refractivity (Wildman–Crippen MR) is 55.5 cm³/mol. The van der Waals surface area contributed by atoms with Crippen LogP contribution >= 0.6 is 0 Å². The molecule has 0 heterocycles. The molecule has 3 nitrogen and oxygen atoms in total. The van der Waals surface area contributed by atoms with Crippen LogP contribution in [0.5, 0.6) is 0 Å². The van der Waals surface area contributed by atoms with E-state index in [4.69, 9.17) is 10.5 Å². The Hall–Kier alpha value is -0.990. The van der Waals surface area contributed by atoms with Gasteiger partial charge in [0.25, 0.3) is 0 Å². The van der Waals surface area contributed by atoms with E-state index in [-0.39, 0.29) is 11.9 Å². The lowest BCUT2D eigenvalue weighted by molar-refractivity contribution is -0.147. The highest BCUT2D eigenvalue weighted by Crippen LogP contribution is 2.21. The van der Waals surface area contributed by atoms with Crippen molar-refractivity contribution in [3.63, 3.8) is 0 Å². The fourth-order valence-corrected chi connectivity index (χ4v) is 1.56. The maximum atomic E-state index is 11.5. The van der Waals surface area contributed by atoms with Gasteiger partial charge >= 0.3 is 5.97 Å². The SMILES string of the molecule is CCCCOC(=O)[C@H]1C=C(N)CCC1. The van der Waals surface area contributed by atoms with E-state index in [1.807, 2.05) is 6.08 Å². The molecule has 2 N–H and O–H groups in total. The third kappa shape index (κ3) is 3.40. The van der Waals surface area contributed by atoms with Crippen LogP contribution in [0.4, 0.5) is 0 Å². The van der Waals surface area contributed by atoms with Crippen molar-refractivity contribution < 1.29 is 9.53 Å². The minimum Gasteiger partial charge on any atom is -0.465 e. The number of carbonyl (C=O) groups excluding carboxylic acids is 1. The molecule has 0 spiro atoms. The van der Waals surface area contributed by atoms with Crippen molar-refractivity contribution in [3.05, 3.63) is 11.8 Å². The zero-order valence-corrected chi connectivity index (χ0v) is 8.79. The predicted octanol–water partition coefficient (Wildman–Crippen LogP) is 1.97. The number of unbranched alkanes of at least 4 members (excludes halogenated alkanes) is 1. The van der Waals surface area contributed by atoms with Crippen molar-refractivity contribution in [3.8, 4) is 0 Å². The molecule has 0 fully saturated rings. The summed E-state index contributed by atoms with van der Waals surface area (Å²) in [5.41, 5.74) is 6.50.